The van der Waals surface area contributed by atoms with Crippen LogP contribution in [0.5, 0.6) is 0 Å². The van der Waals surface area contributed by atoms with Crippen molar-refractivity contribution in [1.82, 2.24) is 14.8 Å². The largest absolute Gasteiger partial charge is 0.326 e. The van der Waals surface area contributed by atoms with Gasteiger partial charge in [-0.25, -0.2) is 0 Å². The van der Waals surface area contributed by atoms with E-state index in [4.69, 9.17) is 0 Å². The summed E-state index contributed by atoms with van der Waals surface area (Å²) in [5.41, 5.74) is 1.38. The summed E-state index contributed by atoms with van der Waals surface area (Å²) in [6.07, 6.45) is 2.34. The van der Waals surface area contributed by atoms with Gasteiger partial charge in [-0.15, -0.1) is 10.2 Å². The van der Waals surface area contributed by atoms with Gasteiger partial charge in [0.1, 0.15) is 5.82 Å². The van der Waals surface area contributed by atoms with Crippen molar-refractivity contribution >= 4 is 35.0 Å². The van der Waals surface area contributed by atoms with Gasteiger partial charge in [-0.3, -0.25) is 9.59 Å². The van der Waals surface area contributed by atoms with Crippen molar-refractivity contribution in [2.24, 2.45) is 7.05 Å². The molecule has 2 amide bonds. The van der Waals surface area contributed by atoms with Crippen LogP contribution < -0.4 is 10.6 Å². The molecule has 0 aliphatic heterocycles. The first-order valence-corrected chi connectivity index (χ1v) is 9.06. The summed E-state index contributed by atoms with van der Waals surface area (Å²) in [6, 6.07) is 7.01. The molecule has 1 aliphatic carbocycles. The molecule has 0 spiro atoms. The highest BCUT2D eigenvalue weighted by molar-refractivity contribution is 8.00. The van der Waals surface area contributed by atoms with E-state index in [1.165, 1.54) is 31.5 Å². The lowest BCUT2D eigenvalue weighted by Gasteiger charge is -2.12. The second-order valence-electron chi connectivity index (χ2n) is 6.18. The third kappa shape index (κ3) is 4.39. The van der Waals surface area contributed by atoms with E-state index in [1.807, 2.05) is 18.5 Å². The summed E-state index contributed by atoms with van der Waals surface area (Å²) < 4.78 is 1.98. The van der Waals surface area contributed by atoms with Crippen molar-refractivity contribution in [3.63, 3.8) is 0 Å². The van der Waals surface area contributed by atoms with Crippen LogP contribution in [0.25, 0.3) is 0 Å². The van der Waals surface area contributed by atoms with E-state index in [0.29, 0.717) is 17.3 Å². The molecule has 0 bridgehead atoms. The lowest BCUT2D eigenvalue weighted by molar-refractivity contribution is -0.115. The minimum Gasteiger partial charge on any atom is -0.326 e. The third-order valence-corrected chi connectivity index (χ3v) is 5.07. The zero-order chi connectivity index (χ0) is 18.0. The maximum absolute atomic E-state index is 12.4. The van der Waals surface area contributed by atoms with Gasteiger partial charge in [0.05, 0.1) is 5.25 Å². The van der Waals surface area contributed by atoms with Gasteiger partial charge in [0.15, 0.2) is 5.16 Å². The van der Waals surface area contributed by atoms with E-state index in [9.17, 15) is 9.59 Å². The Morgan fingerprint density at radius 1 is 1.16 bits per heavy atom. The number of hydrogen-bond acceptors (Lipinski definition) is 5. The standard InChI is InChI=1S/C17H21N5O2S/c1-10(25-17-21-20-15(22(17)3)12-4-5-12)16(24)19-14-8-6-13(7-9-14)18-11(2)23/h6-10,12H,4-5H2,1-3H3,(H,18,23)(H,19,24)/t10-/m1/s1. The van der Waals surface area contributed by atoms with Crippen LogP contribution in [0.15, 0.2) is 29.4 Å². The van der Waals surface area contributed by atoms with Crippen LogP contribution in [0.3, 0.4) is 0 Å². The number of hydrogen-bond donors (Lipinski definition) is 2. The SMILES string of the molecule is CC(=O)Nc1ccc(NC(=O)[C@@H](C)Sc2nnc(C3CC3)n2C)cc1. The Morgan fingerprint density at radius 2 is 1.76 bits per heavy atom. The number of carbonyl (C=O) groups excluding carboxylic acids is 2. The Bertz CT molecular complexity index is 783. The summed E-state index contributed by atoms with van der Waals surface area (Å²) in [5.74, 6) is 1.30. The highest BCUT2D eigenvalue weighted by Crippen LogP contribution is 2.39. The number of amides is 2. The zero-order valence-electron chi connectivity index (χ0n) is 14.4. The molecule has 8 heteroatoms. The average molecular weight is 359 g/mol. The number of carbonyl (C=O) groups is 2. The van der Waals surface area contributed by atoms with Gasteiger partial charge in [-0.05, 0) is 44.0 Å². The van der Waals surface area contributed by atoms with Gasteiger partial charge in [0, 0.05) is 31.3 Å². The quantitative estimate of drug-likeness (QED) is 0.774. The molecule has 1 aromatic carbocycles. The molecule has 0 radical (unpaired) electrons. The summed E-state index contributed by atoms with van der Waals surface area (Å²) in [6.45, 7) is 3.30. The van der Waals surface area contributed by atoms with E-state index in [0.717, 1.165) is 11.0 Å². The topological polar surface area (TPSA) is 88.9 Å². The monoisotopic (exact) mass is 359 g/mol. The van der Waals surface area contributed by atoms with Crippen LogP contribution in [0, 0.1) is 0 Å². The molecule has 1 aromatic heterocycles. The molecule has 1 fully saturated rings. The number of anilines is 2. The zero-order valence-corrected chi connectivity index (χ0v) is 15.3. The molecular weight excluding hydrogens is 338 g/mol. The second kappa shape index (κ2) is 7.26. The number of rotatable bonds is 6. The van der Waals surface area contributed by atoms with Crippen molar-refractivity contribution in [1.29, 1.82) is 0 Å². The first kappa shape index (κ1) is 17.5. The van der Waals surface area contributed by atoms with E-state index in [-0.39, 0.29) is 17.1 Å². The highest BCUT2D eigenvalue weighted by atomic mass is 32.2. The smallest absolute Gasteiger partial charge is 0.237 e. The predicted octanol–water partition coefficient (Wildman–Crippen LogP) is 2.77. The van der Waals surface area contributed by atoms with Crippen LogP contribution in [0.1, 0.15) is 38.4 Å². The first-order chi connectivity index (χ1) is 11.9. The van der Waals surface area contributed by atoms with Crippen LogP contribution in [0.2, 0.25) is 0 Å². The van der Waals surface area contributed by atoms with E-state index < -0.39 is 0 Å². The molecule has 0 saturated heterocycles. The fourth-order valence-electron chi connectivity index (χ4n) is 2.42. The Kier molecular flexibility index (Phi) is 5.08. The van der Waals surface area contributed by atoms with Crippen LogP contribution >= 0.6 is 11.8 Å². The third-order valence-electron chi connectivity index (χ3n) is 3.94. The number of aromatic nitrogens is 3. The van der Waals surface area contributed by atoms with Gasteiger partial charge >= 0.3 is 0 Å². The summed E-state index contributed by atoms with van der Waals surface area (Å²) >= 11 is 1.40. The Labute approximate surface area is 150 Å². The molecular formula is C17H21N5O2S. The lowest BCUT2D eigenvalue weighted by atomic mass is 10.2. The number of benzene rings is 1. The lowest BCUT2D eigenvalue weighted by Crippen LogP contribution is -2.22. The van der Waals surface area contributed by atoms with Gasteiger partial charge in [-0.2, -0.15) is 0 Å². The molecule has 25 heavy (non-hydrogen) atoms. The molecule has 3 rings (SSSR count). The maximum Gasteiger partial charge on any atom is 0.237 e. The van der Waals surface area contributed by atoms with E-state index in [1.54, 1.807) is 24.3 Å². The van der Waals surface area contributed by atoms with Crippen molar-refractivity contribution < 1.29 is 9.59 Å². The Morgan fingerprint density at radius 3 is 2.32 bits per heavy atom. The molecule has 1 atom stereocenters. The maximum atomic E-state index is 12.4. The summed E-state index contributed by atoms with van der Waals surface area (Å²) in [4.78, 5) is 23.4. The van der Waals surface area contributed by atoms with Crippen molar-refractivity contribution in [3.05, 3.63) is 30.1 Å². The van der Waals surface area contributed by atoms with E-state index in [2.05, 4.69) is 20.8 Å². The van der Waals surface area contributed by atoms with Gasteiger partial charge in [-0.1, -0.05) is 11.8 Å². The normalized spacial score (nSPS) is 14.8. The fourth-order valence-corrected chi connectivity index (χ4v) is 3.24. The molecule has 132 valence electrons. The predicted molar refractivity (Wildman–Crippen MR) is 97.7 cm³/mol. The number of nitrogens with one attached hydrogen (secondary N) is 2. The molecule has 7 nitrogen and oxygen atoms in total. The van der Waals surface area contributed by atoms with Crippen LogP contribution in [-0.4, -0.2) is 31.8 Å². The summed E-state index contributed by atoms with van der Waals surface area (Å²) in [7, 11) is 1.95. The Balaban J connectivity index is 1.58. The van der Waals surface area contributed by atoms with Gasteiger partial charge in [0.25, 0.3) is 0 Å². The van der Waals surface area contributed by atoms with Crippen molar-refractivity contribution in [2.45, 2.75) is 43.0 Å². The highest BCUT2D eigenvalue weighted by Gasteiger charge is 2.30. The van der Waals surface area contributed by atoms with Gasteiger partial charge in [0.2, 0.25) is 11.8 Å². The van der Waals surface area contributed by atoms with Crippen LogP contribution in [-0.2, 0) is 16.6 Å². The van der Waals surface area contributed by atoms with E-state index >= 15 is 0 Å². The van der Waals surface area contributed by atoms with Crippen LogP contribution in [0.4, 0.5) is 11.4 Å². The molecule has 1 heterocycles. The number of nitrogens with zero attached hydrogens (tertiary/aromatic N) is 3. The molecule has 2 N–H and O–H groups in total. The minimum atomic E-state index is -0.301. The van der Waals surface area contributed by atoms with Gasteiger partial charge < -0.3 is 15.2 Å². The minimum absolute atomic E-state index is 0.103. The fraction of sp³-hybridized carbons (Fsp3) is 0.412. The first-order valence-electron chi connectivity index (χ1n) is 8.18. The molecule has 0 unspecified atom stereocenters. The summed E-state index contributed by atoms with van der Waals surface area (Å²) in [5, 5.41) is 14.5. The molecule has 2 aromatic rings. The molecule has 1 saturated carbocycles. The molecule has 1 aliphatic rings. The van der Waals surface area contributed by atoms with Crippen molar-refractivity contribution in [3.8, 4) is 0 Å². The van der Waals surface area contributed by atoms with Crippen molar-refractivity contribution in [2.75, 3.05) is 10.6 Å². The average Bonchev–Trinajstić information content (AvgIpc) is 3.34. The Hall–Kier alpha value is -2.35. The second-order valence-corrected chi connectivity index (χ2v) is 7.49. The number of thioether (sulfide) groups is 1.